The van der Waals surface area contributed by atoms with Crippen molar-refractivity contribution in [3.05, 3.63) is 94.1 Å². The number of anilines is 2. The lowest BCUT2D eigenvalue weighted by Crippen LogP contribution is -2.29. The Morgan fingerprint density at radius 3 is 2.23 bits per heavy atom. The summed E-state index contributed by atoms with van der Waals surface area (Å²) in [6.45, 7) is 5.74. The Balaban J connectivity index is 1.98. The summed E-state index contributed by atoms with van der Waals surface area (Å²) in [5.74, 6) is -1.19. The van der Waals surface area contributed by atoms with Crippen LogP contribution in [-0.4, -0.2) is 38.0 Å². The molecule has 0 saturated carbocycles. The van der Waals surface area contributed by atoms with Gasteiger partial charge in [-0.25, -0.2) is 0 Å². The number of ether oxygens (including phenoxy) is 1. The first-order valence-electron chi connectivity index (χ1n) is 11.4. The second-order valence-electron chi connectivity index (χ2n) is 9.16. The molecule has 3 aromatic rings. The summed E-state index contributed by atoms with van der Waals surface area (Å²) in [6.07, 6.45) is 0. The van der Waals surface area contributed by atoms with Crippen LogP contribution < -0.4 is 14.5 Å². The Labute approximate surface area is 206 Å². The molecule has 1 atom stereocenters. The number of nitrogens with zero attached hydrogens (tertiary/aromatic N) is 2. The number of amides is 1. The third kappa shape index (κ3) is 4.28. The molecule has 0 spiro atoms. The lowest BCUT2D eigenvalue weighted by molar-refractivity contribution is -0.132. The van der Waals surface area contributed by atoms with Crippen molar-refractivity contribution in [1.29, 1.82) is 0 Å². The van der Waals surface area contributed by atoms with Crippen molar-refractivity contribution in [3.63, 3.8) is 0 Å². The molecular formula is C29H30N2O4. The van der Waals surface area contributed by atoms with Crippen molar-refractivity contribution in [2.75, 3.05) is 31.0 Å². The molecule has 1 aliphatic rings. The van der Waals surface area contributed by atoms with Gasteiger partial charge in [-0.15, -0.1) is 0 Å². The number of ketones is 1. The van der Waals surface area contributed by atoms with Crippen LogP contribution in [0.25, 0.3) is 5.76 Å². The van der Waals surface area contributed by atoms with Gasteiger partial charge in [0, 0.05) is 25.5 Å². The lowest BCUT2D eigenvalue weighted by atomic mass is 9.93. The lowest BCUT2D eigenvalue weighted by Gasteiger charge is -2.26. The van der Waals surface area contributed by atoms with Crippen LogP contribution in [0.2, 0.25) is 0 Å². The number of methoxy groups -OCH3 is 1. The maximum absolute atomic E-state index is 13.5. The second kappa shape index (κ2) is 9.29. The van der Waals surface area contributed by atoms with Crippen molar-refractivity contribution >= 4 is 28.8 Å². The Morgan fingerprint density at radius 1 is 0.943 bits per heavy atom. The van der Waals surface area contributed by atoms with Crippen LogP contribution in [0.1, 0.15) is 33.9 Å². The monoisotopic (exact) mass is 470 g/mol. The molecule has 1 unspecified atom stereocenters. The zero-order chi connectivity index (χ0) is 25.4. The molecular weight excluding hydrogens is 440 g/mol. The van der Waals surface area contributed by atoms with Gasteiger partial charge in [0.05, 0.1) is 24.3 Å². The average Bonchev–Trinajstić information content (AvgIpc) is 3.08. The van der Waals surface area contributed by atoms with Gasteiger partial charge in [-0.05, 0) is 67.8 Å². The van der Waals surface area contributed by atoms with Crippen molar-refractivity contribution in [2.45, 2.75) is 26.8 Å². The number of carbonyl (C=O) groups excluding carboxylic acids is 2. The van der Waals surface area contributed by atoms with Crippen molar-refractivity contribution in [2.24, 2.45) is 0 Å². The van der Waals surface area contributed by atoms with E-state index in [4.69, 9.17) is 4.74 Å². The van der Waals surface area contributed by atoms with Gasteiger partial charge in [0.2, 0.25) is 0 Å². The molecule has 1 saturated heterocycles. The van der Waals surface area contributed by atoms with E-state index in [1.807, 2.05) is 94.4 Å². The van der Waals surface area contributed by atoms with Crippen LogP contribution in [0, 0.1) is 20.8 Å². The summed E-state index contributed by atoms with van der Waals surface area (Å²) in [5.41, 5.74) is 5.45. The van der Waals surface area contributed by atoms with Crippen LogP contribution >= 0.6 is 0 Å². The number of aliphatic hydroxyl groups excluding tert-OH is 1. The molecule has 1 heterocycles. The van der Waals surface area contributed by atoms with Crippen molar-refractivity contribution < 1.29 is 19.4 Å². The summed E-state index contributed by atoms with van der Waals surface area (Å²) >= 11 is 0. The minimum atomic E-state index is -0.786. The van der Waals surface area contributed by atoms with E-state index in [9.17, 15) is 14.7 Å². The smallest absolute Gasteiger partial charge is 0.300 e. The Hall–Kier alpha value is -4.06. The molecule has 3 aromatic carbocycles. The van der Waals surface area contributed by atoms with Crippen LogP contribution in [0.3, 0.4) is 0 Å². The van der Waals surface area contributed by atoms with Gasteiger partial charge in [0.1, 0.15) is 11.5 Å². The molecule has 0 bridgehead atoms. The molecule has 1 amide bonds. The van der Waals surface area contributed by atoms with Gasteiger partial charge in [-0.2, -0.15) is 0 Å². The molecule has 1 aliphatic heterocycles. The van der Waals surface area contributed by atoms with E-state index in [1.54, 1.807) is 6.07 Å². The molecule has 1 N–H and O–H groups in total. The van der Waals surface area contributed by atoms with Gasteiger partial charge in [0.15, 0.2) is 0 Å². The van der Waals surface area contributed by atoms with Gasteiger partial charge in [0.25, 0.3) is 11.7 Å². The Kier molecular flexibility index (Phi) is 6.39. The van der Waals surface area contributed by atoms with Crippen LogP contribution in [-0.2, 0) is 9.59 Å². The fourth-order valence-electron chi connectivity index (χ4n) is 4.71. The number of carbonyl (C=O) groups is 2. The van der Waals surface area contributed by atoms with E-state index in [2.05, 4.69) is 0 Å². The maximum atomic E-state index is 13.5. The number of hydrogen-bond donors (Lipinski definition) is 1. The first kappa shape index (κ1) is 24.1. The zero-order valence-electron chi connectivity index (χ0n) is 20.9. The number of aryl methyl sites for hydroxylation is 3. The van der Waals surface area contributed by atoms with Crippen molar-refractivity contribution in [3.8, 4) is 5.75 Å². The van der Waals surface area contributed by atoms with E-state index >= 15 is 0 Å². The second-order valence-corrected chi connectivity index (χ2v) is 9.16. The van der Waals surface area contributed by atoms with Gasteiger partial charge >= 0.3 is 0 Å². The first-order valence-corrected chi connectivity index (χ1v) is 11.4. The Bertz CT molecular complexity index is 1340. The predicted octanol–water partition coefficient (Wildman–Crippen LogP) is 5.31. The number of hydrogen-bond acceptors (Lipinski definition) is 5. The highest BCUT2D eigenvalue weighted by molar-refractivity contribution is 6.51. The topological polar surface area (TPSA) is 70.1 Å². The summed E-state index contributed by atoms with van der Waals surface area (Å²) in [7, 11) is 5.40. The third-order valence-electron chi connectivity index (χ3n) is 6.32. The van der Waals surface area contributed by atoms with Crippen molar-refractivity contribution in [1.82, 2.24) is 0 Å². The standard InChI is InChI=1S/C29H30N2O4/c1-17-8-7-9-20(15-17)25-24(26(32)23-16-18(2)14-19(3)28(23)35-6)27(33)29(34)31(25)22-12-10-21(11-13-22)30(4)5/h7-16,25,32H,1-6H3/b26-24+. The number of Topliss-reactive ketones (excluding diaryl/α,β-unsaturated/α-hetero) is 1. The molecule has 6 nitrogen and oxygen atoms in total. The van der Waals surface area contributed by atoms with Gasteiger partial charge < -0.3 is 14.7 Å². The van der Waals surface area contributed by atoms with E-state index in [0.29, 0.717) is 17.0 Å². The highest BCUT2D eigenvalue weighted by Crippen LogP contribution is 2.44. The zero-order valence-corrected chi connectivity index (χ0v) is 20.9. The Morgan fingerprint density at radius 2 is 1.63 bits per heavy atom. The normalized spacial score (nSPS) is 17.1. The van der Waals surface area contributed by atoms with Crippen LogP contribution in [0.15, 0.2) is 66.2 Å². The van der Waals surface area contributed by atoms with Gasteiger partial charge in [-0.3, -0.25) is 14.5 Å². The SMILES string of the molecule is COc1c(C)cc(C)cc1/C(O)=C1\C(=O)C(=O)N(c2ccc(N(C)C)cc2)C1c1cccc(C)c1. The molecule has 1 fully saturated rings. The number of rotatable bonds is 5. The van der Waals surface area contributed by atoms with E-state index < -0.39 is 17.7 Å². The molecule has 0 radical (unpaired) electrons. The van der Waals surface area contributed by atoms with Crippen LogP contribution in [0.4, 0.5) is 11.4 Å². The fraction of sp³-hybridized carbons (Fsp3) is 0.241. The molecule has 180 valence electrons. The van der Waals surface area contributed by atoms with Gasteiger partial charge in [-0.1, -0.05) is 35.9 Å². The molecule has 0 aromatic heterocycles. The summed E-state index contributed by atoms with van der Waals surface area (Å²) in [5, 5.41) is 11.5. The average molecular weight is 471 g/mol. The summed E-state index contributed by atoms with van der Waals surface area (Å²) < 4.78 is 5.57. The molecule has 35 heavy (non-hydrogen) atoms. The first-order chi connectivity index (χ1) is 16.6. The predicted molar refractivity (Wildman–Crippen MR) is 139 cm³/mol. The van der Waals surface area contributed by atoms with E-state index in [0.717, 1.165) is 27.9 Å². The fourth-order valence-corrected chi connectivity index (χ4v) is 4.71. The quantitative estimate of drug-likeness (QED) is 0.311. The van der Waals surface area contributed by atoms with Crippen LogP contribution in [0.5, 0.6) is 5.75 Å². The number of benzene rings is 3. The molecule has 6 heteroatoms. The molecule has 0 aliphatic carbocycles. The van der Waals surface area contributed by atoms with E-state index in [-0.39, 0.29) is 11.3 Å². The van der Waals surface area contributed by atoms with E-state index in [1.165, 1.54) is 12.0 Å². The summed E-state index contributed by atoms with van der Waals surface area (Å²) in [4.78, 5) is 30.3. The molecule has 4 rings (SSSR count). The highest BCUT2D eigenvalue weighted by Gasteiger charge is 2.47. The minimum Gasteiger partial charge on any atom is -0.507 e. The third-order valence-corrected chi connectivity index (χ3v) is 6.32. The maximum Gasteiger partial charge on any atom is 0.300 e. The largest absolute Gasteiger partial charge is 0.507 e. The summed E-state index contributed by atoms with van der Waals surface area (Å²) in [6, 6.07) is 18.0. The minimum absolute atomic E-state index is 0.0422. The number of aliphatic hydroxyl groups is 1. The highest BCUT2D eigenvalue weighted by atomic mass is 16.5.